The second-order valence-corrected chi connectivity index (χ2v) is 7.68. The van der Waals surface area contributed by atoms with E-state index >= 15 is 0 Å². The number of rotatable bonds is 0. The lowest BCUT2D eigenvalue weighted by atomic mass is 10.1. The lowest BCUT2D eigenvalue weighted by Crippen LogP contribution is -2.16. The molecule has 0 fully saturated rings. The molecule has 4 heterocycles. The molecule has 0 saturated carbocycles. The first-order valence-corrected chi connectivity index (χ1v) is 11.4. The Morgan fingerprint density at radius 2 is 0.429 bits per heavy atom. The van der Waals surface area contributed by atoms with E-state index in [2.05, 4.69) is 28.4 Å². The zero-order chi connectivity index (χ0) is 40.7. The van der Waals surface area contributed by atoms with E-state index in [9.17, 15) is 28.8 Å². The van der Waals surface area contributed by atoms with Gasteiger partial charge >= 0.3 is 35.8 Å². The van der Waals surface area contributed by atoms with E-state index in [1.165, 1.54) is 0 Å². The maximum Gasteiger partial charge on any atom is 0.338 e. The quantitative estimate of drug-likeness (QED) is 0.280. The molecule has 0 spiro atoms. The maximum absolute atomic E-state index is 12.7. The van der Waals surface area contributed by atoms with Crippen LogP contribution in [0.2, 0.25) is 0 Å². The lowest BCUT2D eigenvalue weighted by molar-refractivity contribution is 0.0260. The third kappa shape index (κ3) is 8.01. The number of fused-ring (bicyclic) bond motifs is 3. The van der Waals surface area contributed by atoms with Crippen LogP contribution in [0.3, 0.4) is 0 Å². The third-order valence-corrected chi connectivity index (χ3v) is 5.06. The molecule has 0 radical (unpaired) electrons. The van der Waals surface area contributed by atoms with Gasteiger partial charge in [-0.3, -0.25) is 0 Å². The molecule has 42 heavy (non-hydrogen) atoms. The van der Waals surface area contributed by atoms with Gasteiger partial charge in [0.2, 0.25) is 0 Å². The first-order valence-electron chi connectivity index (χ1n) is 17.4. The fourth-order valence-electron chi connectivity index (χ4n) is 2.98. The Bertz CT molecular complexity index is 1610. The first-order chi connectivity index (χ1) is 24.7. The molecule has 0 saturated heterocycles. The van der Waals surface area contributed by atoms with Crippen LogP contribution in [-0.4, -0.2) is 75.2 Å². The largest absolute Gasteiger partial charge is 0.458 e. The zero-order valence-corrected chi connectivity index (χ0v) is 20.8. The van der Waals surface area contributed by atoms with Crippen LogP contribution in [0.5, 0.6) is 0 Å². The van der Waals surface area contributed by atoms with E-state index < -0.39 is 109 Å². The fourth-order valence-corrected chi connectivity index (χ4v) is 2.98. The molecule has 216 valence electrons. The van der Waals surface area contributed by atoms with E-state index in [-0.39, 0.29) is 0 Å². The summed E-state index contributed by atoms with van der Waals surface area (Å²) in [6, 6.07) is 10.2. The molecule has 3 aromatic rings. The molecule has 7 rings (SSSR count). The summed E-state index contributed by atoms with van der Waals surface area (Å²) in [5.74, 6) is -9.21. The van der Waals surface area contributed by atoms with Gasteiger partial charge in [0.1, 0.15) is 39.4 Å². The normalized spacial score (nSPS) is 27.4. The first kappa shape index (κ1) is 17.3. The molecular formula is C30H24O12. The van der Waals surface area contributed by atoms with E-state index in [0.29, 0.717) is 0 Å². The summed E-state index contributed by atoms with van der Waals surface area (Å²) in [5.41, 5.74) is -2.98. The van der Waals surface area contributed by atoms with Crippen molar-refractivity contribution in [2.24, 2.45) is 0 Å². The third-order valence-electron chi connectivity index (χ3n) is 5.06. The van der Waals surface area contributed by atoms with E-state index in [4.69, 9.17) is 16.4 Å². The highest BCUT2D eigenvalue weighted by Gasteiger charge is 2.15. The van der Waals surface area contributed by atoms with Crippen LogP contribution in [0.4, 0.5) is 0 Å². The summed E-state index contributed by atoms with van der Waals surface area (Å²) in [4.78, 5) is 76.0. The maximum atomic E-state index is 12.7. The van der Waals surface area contributed by atoms with Gasteiger partial charge in [-0.1, -0.05) is 0 Å². The molecule has 0 unspecified atom stereocenters. The molecular weight excluding hydrogens is 552 g/mol. The summed E-state index contributed by atoms with van der Waals surface area (Å²) >= 11 is 0. The van der Waals surface area contributed by atoms with Gasteiger partial charge in [0.25, 0.3) is 0 Å². The van der Waals surface area contributed by atoms with Crippen LogP contribution < -0.4 is 0 Å². The predicted molar refractivity (Wildman–Crippen MR) is 141 cm³/mol. The number of benzene rings is 3. The monoisotopic (exact) mass is 588 g/mol. The van der Waals surface area contributed by atoms with Crippen molar-refractivity contribution < 1.29 is 73.6 Å². The van der Waals surface area contributed by atoms with Crippen molar-refractivity contribution in [3.63, 3.8) is 0 Å². The van der Waals surface area contributed by atoms with Gasteiger partial charge in [-0.05, 0) is 72.8 Å². The number of ether oxygens (including phenoxy) is 6. The summed E-state index contributed by atoms with van der Waals surface area (Å²) < 4.78 is 122. The summed E-state index contributed by atoms with van der Waals surface area (Å²) in [5, 5.41) is 0. The minimum Gasteiger partial charge on any atom is -0.458 e. The van der Waals surface area contributed by atoms with E-state index in [1.807, 2.05) is 0 Å². The van der Waals surface area contributed by atoms with Gasteiger partial charge in [-0.25, -0.2) is 28.8 Å². The molecule has 0 atom stereocenters. The van der Waals surface area contributed by atoms with Crippen molar-refractivity contribution in [1.82, 2.24) is 0 Å². The molecule has 12 heteroatoms. The van der Waals surface area contributed by atoms with Gasteiger partial charge in [-0.2, -0.15) is 0 Å². The Morgan fingerprint density at radius 3 is 0.548 bits per heavy atom. The number of carbonyl (C=O) groups is 6. The fraction of sp³-hybridized carbons (Fsp3) is 0.200. The van der Waals surface area contributed by atoms with Gasteiger partial charge in [0.05, 0.1) is 49.8 Å². The van der Waals surface area contributed by atoms with E-state index in [0.717, 1.165) is 72.8 Å². The number of hydrogen-bond acceptors (Lipinski definition) is 12. The van der Waals surface area contributed by atoms with Crippen molar-refractivity contribution >= 4 is 35.8 Å². The Hall–Kier alpha value is -5.52. The standard InChI is InChI=1S/C30H24O12/c31-25-19-1-2-20(4-3-19)26(32)38-15-16-40-28(34)22-9-11-24(12-10-22)30(36)42-18-17-41-29(35)23-7-5-21(6-8-23)27(33)39-14-13-37-25/h1-12H,13-18H2/i13D2,14D2,15D2,16D2,17D2,18D2. The van der Waals surface area contributed by atoms with Crippen molar-refractivity contribution in [2.45, 2.75) is 0 Å². The van der Waals surface area contributed by atoms with Crippen molar-refractivity contribution in [1.29, 1.82) is 0 Å². The van der Waals surface area contributed by atoms with Crippen LogP contribution in [0.1, 0.15) is 78.6 Å². The number of carbonyl (C=O) groups excluding carboxylic acids is 6. The second-order valence-electron chi connectivity index (χ2n) is 7.68. The molecule has 0 aliphatic carbocycles. The number of hydrogen-bond donors (Lipinski definition) is 0. The minimum atomic E-state index is -3.67. The number of esters is 6. The minimum absolute atomic E-state index is 0.497. The average Bonchev–Trinajstić information content (AvgIpc) is 3.06. The van der Waals surface area contributed by atoms with Gasteiger partial charge in [0, 0.05) is 0 Å². The summed E-state index contributed by atoms with van der Waals surface area (Å²) in [7, 11) is 0. The van der Waals surface area contributed by atoms with Crippen molar-refractivity contribution in [3.05, 3.63) is 106 Å². The molecule has 0 N–H and O–H groups in total. The summed E-state index contributed by atoms with van der Waals surface area (Å²) in [6.45, 7) is -22.0. The smallest absolute Gasteiger partial charge is 0.338 e. The molecule has 0 amide bonds. The zero-order valence-electron chi connectivity index (χ0n) is 32.8. The summed E-state index contributed by atoms with van der Waals surface area (Å²) in [6.07, 6.45) is 0. The van der Waals surface area contributed by atoms with Crippen LogP contribution >= 0.6 is 0 Å². The Morgan fingerprint density at radius 1 is 0.310 bits per heavy atom. The van der Waals surface area contributed by atoms with Gasteiger partial charge in [-0.15, -0.1) is 0 Å². The molecule has 3 aromatic carbocycles. The molecule has 4 aliphatic rings. The highest BCUT2D eigenvalue weighted by atomic mass is 16.6. The van der Waals surface area contributed by atoms with Crippen LogP contribution in [0.25, 0.3) is 0 Å². The molecule has 0 aromatic heterocycles. The predicted octanol–water partition coefficient (Wildman–Crippen LogP) is 3.04. The van der Waals surface area contributed by atoms with Crippen molar-refractivity contribution in [3.8, 4) is 0 Å². The average molecular weight is 589 g/mol. The molecule has 6 bridgehead atoms. The second kappa shape index (κ2) is 14.2. The topological polar surface area (TPSA) is 158 Å². The Kier molecular flexibility index (Phi) is 5.86. The van der Waals surface area contributed by atoms with E-state index in [1.54, 1.807) is 0 Å². The van der Waals surface area contributed by atoms with Crippen molar-refractivity contribution in [2.75, 3.05) is 39.4 Å². The van der Waals surface area contributed by atoms with Crippen LogP contribution in [0.15, 0.2) is 72.8 Å². The Balaban J connectivity index is 1.68. The van der Waals surface area contributed by atoms with Gasteiger partial charge in [0.15, 0.2) is 0 Å². The van der Waals surface area contributed by atoms with Crippen LogP contribution in [0, 0.1) is 0 Å². The molecule has 12 nitrogen and oxygen atoms in total. The van der Waals surface area contributed by atoms with Crippen LogP contribution in [-0.2, 0) is 28.4 Å². The highest BCUT2D eigenvalue weighted by Crippen LogP contribution is 2.11. The Labute approximate surface area is 255 Å². The van der Waals surface area contributed by atoms with Gasteiger partial charge < -0.3 is 28.4 Å². The SMILES string of the molecule is [2H]C1([2H])OC(=O)c2ccc(cc2)C(=O)OC([2H])([2H])C([2H])([2H])OC(=O)c2ccc(cc2)C(=O)OC([2H])([2H])C([2H])([2H])OC(=O)c2ccc(cc2)C(=O)OC1([2H])[2H]. The highest BCUT2D eigenvalue weighted by molar-refractivity contribution is 5.95. The molecule has 4 aliphatic heterocycles. The lowest BCUT2D eigenvalue weighted by Gasteiger charge is -2.09.